The first-order valence-corrected chi connectivity index (χ1v) is 12.7. The molecule has 2 amide bonds. The minimum atomic E-state index is -0.366. The highest BCUT2D eigenvalue weighted by molar-refractivity contribution is 7.21. The minimum Gasteiger partial charge on any atom is -0.373 e. The summed E-state index contributed by atoms with van der Waals surface area (Å²) in [6, 6.07) is 5.15. The van der Waals surface area contributed by atoms with Crippen LogP contribution in [0.4, 0.5) is 11.4 Å². The van der Waals surface area contributed by atoms with Gasteiger partial charge in [0.15, 0.2) is 0 Å². The number of fused-ring (bicyclic) bond motifs is 1. The lowest BCUT2D eigenvalue weighted by Gasteiger charge is -2.34. The van der Waals surface area contributed by atoms with Gasteiger partial charge in [-0.05, 0) is 39.0 Å². The summed E-state index contributed by atoms with van der Waals surface area (Å²) >= 11 is 1.30. The molecule has 0 spiro atoms. The van der Waals surface area contributed by atoms with Gasteiger partial charge in [-0.2, -0.15) is 5.10 Å². The number of nitrogens with zero attached hydrogens (tertiary/aromatic N) is 4. The number of ether oxygens (including phenoxy) is 1. The van der Waals surface area contributed by atoms with Crippen LogP contribution >= 0.6 is 11.3 Å². The number of hydrogen-bond acceptors (Lipinski definition) is 8. The number of carbonyl (C=O) groups excluding carboxylic acids is 2. The summed E-state index contributed by atoms with van der Waals surface area (Å²) in [7, 11) is 0. The number of pyridine rings is 2. The van der Waals surface area contributed by atoms with Crippen LogP contribution in [-0.2, 0) is 9.53 Å². The molecule has 192 valence electrons. The molecular formula is C25H27N7O4S. The summed E-state index contributed by atoms with van der Waals surface area (Å²) in [6.07, 6.45) is 6.48. The molecule has 0 aliphatic carbocycles. The van der Waals surface area contributed by atoms with Crippen LogP contribution in [-0.4, -0.2) is 68.1 Å². The summed E-state index contributed by atoms with van der Waals surface area (Å²) in [5.74, 6) is -0.528. The molecule has 2 atom stereocenters. The van der Waals surface area contributed by atoms with Gasteiger partial charge in [-0.25, -0.2) is 4.52 Å². The van der Waals surface area contributed by atoms with Crippen molar-refractivity contribution in [2.75, 3.05) is 30.3 Å². The molecule has 37 heavy (non-hydrogen) atoms. The van der Waals surface area contributed by atoms with Gasteiger partial charge in [0.2, 0.25) is 5.91 Å². The van der Waals surface area contributed by atoms with Crippen molar-refractivity contribution in [3.05, 3.63) is 64.6 Å². The quantitative estimate of drug-likeness (QED) is 0.355. The fourth-order valence-electron chi connectivity index (χ4n) is 4.42. The van der Waals surface area contributed by atoms with Gasteiger partial charge in [0.1, 0.15) is 4.83 Å². The van der Waals surface area contributed by atoms with Crippen molar-refractivity contribution >= 4 is 39.4 Å². The van der Waals surface area contributed by atoms with E-state index in [9.17, 15) is 14.4 Å². The number of aryl methyl sites for hydroxylation is 1. The first kappa shape index (κ1) is 24.8. The number of aromatic nitrogens is 4. The molecule has 1 fully saturated rings. The molecule has 0 unspecified atom stereocenters. The summed E-state index contributed by atoms with van der Waals surface area (Å²) in [5.41, 5.74) is 2.24. The summed E-state index contributed by atoms with van der Waals surface area (Å²) in [5, 5.41) is 10.0. The van der Waals surface area contributed by atoms with E-state index in [1.165, 1.54) is 17.5 Å². The van der Waals surface area contributed by atoms with E-state index in [1.807, 2.05) is 13.8 Å². The number of rotatable bonds is 6. The summed E-state index contributed by atoms with van der Waals surface area (Å²) in [4.78, 5) is 48.3. The molecule has 0 radical (unpaired) electrons. The SMILES string of the molecule is Cc1ncc(NC(=O)CN2C[C@H](C)O[C@@H](C)C2)cc1NC(=O)c1cnn2cc(-c3ccc[nH]c3=O)sc12. The summed E-state index contributed by atoms with van der Waals surface area (Å²) in [6.45, 7) is 7.38. The average Bonchev–Trinajstić information content (AvgIpc) is 3.42. The van der Waals surface area contributed by atoms with Crippen molar-refractivity contribution < 1.29 is 14.3 Å². The van der Waals surface area contributed by atoms with Crippen LogP contribution in [0.25, 0.3) is 15.3 Å². The molecule has 0 bridgehead atoms. The lowest BCUT2D eigenvalue weighted by atomic mass is 10.2. The Bertz CT molecular complexity index is 1510. The lowest BCUT2D eigenvalue weighted by molar-refractivity contribution is -0.121. The van der Waals surface area contributed by atoms with Crippen LogP contribution in [0, 0.1) is 6.92 Å². The molecule has 3 N–H and O–H groups in total. The third kappa shape index (κ3) is 5.45. The molecule has 1 aliphatic heterocycles. The maximum Gasteiger partial charge on any atom is 0.260 e. The highest BCUT2D eigenvalue weighted by Crippen LogP contribution is 2.29. The highest BCUT2D eigenvalue weighted by atomic mass is 32.1. The topological polar surface area (TPSA) is 134 Å². The lowest BCUT2D eigenvalue weighted by Crippen LogP contribution is -2.48. The third-order valence-electron chi connectivity index (χ3n) is 6.01. The molecule has 4 aromatic heterocycles. The molecule has 5 heterocycles. The number of morpholine rings is 1. The predicted octanol–water partition coefficient (Wildman–Crippen LogP) is 2.75. The Labute approximate surface area is 216 Å². The van der Waals surface area contributed by atoms with E-state index in [-0.39, 0.29) is 36.1 Å². The Balaban J connectivity index is 1.30. The number of carbonyl (C=O) groups is 2. The second kappa shape index (κ2) is 10.2. The minimum absolute atomic E-state index is 0.0718. The molecule has 0 aromatic carbocycles. The summed E-state index contributed by atoms with van der Waals surface area (Å²) < 4.78 is 7.30. The number of nitrogens with one attached hydrogen (secondary N) is 3. The first-order valence-electron chi connectivity index (χ1n) is 11.9. The maximum atomic E-state index is 13.2. The molecule has 11 nitrogen and oxygen atoms in total. The van der Waals surface area contributed by atoms with Crippen molar-refractivity contribution in [3.8, 4) is 10.4 Å². The van der Waals surface area contributed by atoms with Crippen molar-refractivity contribution in [2.24, 2.45) is 0 Å². The van der Waals surface area contributed by atoms with E-state index in [2.05, 4.69) is 30.6 Å². The van der Waals surface area contributed by atoms with Gasteiger partial charge in [0, 0.05) is 25.5 Å². The fraction of sp³-hybridized carbons (Fsp3) is 0.320. The van der Waals surface area contributed by atoms with E-state index < -0.39 is 0 Å². The normalized spacial score (nSPS) is 18.1. The smallest absolute Gasteiger partial charge is 0.260 e. The van der Waals surface area contributed by atoms with Crippen molar-refractivity contribution in [1.82, 2.24) is 24.5 Å². The van der Waals surface area contributed by atoms with Gasteiger partial charge >= 0.3 is 0 Å². The van der Waals surface area contributed by atoms with Crippen molar-refractivity contribution in [2.45, 2.75) is 33.0 Å². The molecule has 5 rings (SSSR count). The van der Waals surface area contributed by atoms with Gasteiger partial charge < -0.3 is 20.4 Å². The number of hydrogen-bond donors (Lipinski definition) is 3. The van der Waals surface area contributed by atoms with E-state index in [0.717, 1.165) is 0 Å². The monoisotopic (exact) mass is 521 g/mol. The van der Waals surface area contributed by atoms with E-state index in [0.29, 0.717) is 51.0 Å². The predicted molar refractivity (Wildman–Crippen MR) is 141 cm³/mol. The zero-order valence-corrected chi connectivity index (χ0v) is 21.5. The second-order valence-corrected chi connectivity index (χ2v) is 10.2. The molecule has 1 saturated heterocycles. The van der Waals surface area contributed by atoms with Crippen molar-refractivity contribution in [3.63, 3.8) is 0 Å². The van der Waals surface area contributed by atoms with E-state index >= 15 is 0 Å². The Morgan fingerprint density at radius 1 is 1.22 bits per heavy atom. The molecular weight excluding hydrogens is 494 g/mol. The van der Waals surface area contributed by atoms with Crippen LogP contribution in [0.15, 0.2) is 47.8 Å². The number of anilines is 2. The van der Waals surface area contributed by atoms with Crippen molar-refractivity contribution in [1.29, 1.82) is 0 Å². The zero-order valence-electron chi connectivity index (χ0n) is 20.6. The van der Waals surface area contributed by atoms with Gasteiger partial charge in [-0.1, -0.05) is 0 Å². The molecule has 12 heteroatoms. The number of H-pyrrole nitrogens is 1. The number of amides is 2. The second-order valence-electron chi connectivity index (χ2n) is 9.13. The van der Waals surface area contributed by atoms with Gasteiger partial charge in [-0.15, -0.1) is 11.3 Å². The third-order valence-corrected chi connectivity index (χ3v) is 7.15. The molecule has 1 aliphatic rings. The van der Waals surface area contributed by atoms with Gasteiger partial charge in [0.05, 0.1) is 64.2 Å². The Hall–Kier alpha value is -3.87. The standard InChI is InChI=1S/C25H27N7O4S/c1-14-10-31(11-15(2)36-14)13-22(33)29-17-7-20(16(3)27-8-17)30-24(35)19-9-28-32-12-21(37-25(19)32)18-5-4-6-26-23(18)34/h4-9,12,14-15H,10-11,13H2,1-3H3,(H,26,34)(H,29,33)(H,30,35)/t14-,15-/m0/s1. The van der Waals surface area contributed by atoms with Crippen LogP contribution in [0.1, 0.15) is 29.9 Å². The van der Waals surface area contributed by atoms with Crippen LogP contribution in [0.3, 0.4) is 0 Å². The average molecular weight is 522 g/mol. The Morgan fingerprint density at radius 3 is 2.76 bits per heavy atom. The largest absolute Gasteiger partial charge is 0.373 e. The zero-order chi connectivity index (χ0) is 26.1. The molecule has 0 saturated carbocycles. The van der Waals surface area contributed by atoms with E-state index in [4.69, 9.17) is 4.74 Å². The maximum absolute atomic E-state index is 13.2. The highest BCUT2D eigenvalue weighted by Gasteiger charge is 2.24. The number of aromatic amines is 1. The van der Waals surface area contributed by atoms with E-state index in [1.54, 1.807) is 48.2 Å². The number of thiazole rings is 1. The Morgan fingerprint density at radius 2 is 2.00 bits per heavy atom. The van der Waals surface area contributed by atoms with Crippen LogP contribution < -0.4 is 16.2 Å². The van der Waals surface area contributed by atoms with Gasteiger partial charge in [0.25, 0.3) is 11.5 Å². The first-order chi connectivity index (χ1) is 17.8. The Kier molecular flexibility index (Phi) is 6.87. The van der Waals surface area contributed by atoms with Crippen LogP contribution in [0.2, 0.25) is 0 Å². The van der Waals surface area contributed by atoms with Gasteiger partial charge in [-0.3, -0.25) is 24.3 Å². The van der Waals surface area contributed by atoms with Crippen LogP contribution in [0.5, 0.6) is 0 Å². The fourth-order valence-corrected chi connectivity index (χ4v) is 5.50. The molecule has 4 aromatic rings.